The van der Waals surface area contributed by atoms with Crippen LogP contribution in [0, 0.1) is 0 Å². The van der Waals surface area contributed by atoms with Crippen molar-refractivity contribution in [2.75, 3.05) is 25.6 Å². The van der Waals surface area contributed by atoms with Crippen molar-refractivity contribution < 1.29 is 19.0 Å². The quantitative estimate of drug-likeness (QED) is 0.453. The Morgan fingerprint density at radius 1 is 1.33 bits per heavy atom. The molecule has 1 unspecified atom stereocenters. The number of nitrogen functional groups attached to an aromatic ring is 1. The Balaban J connectivity index is 1.52. The summed E-state index contributed by atoms with van der Waals surface area (Å²) in [5.41, 5.74) is 6.31. The third-order valence-corrected chi connectivity index (χ3v) is 3.44. The summed E-state index contributed by atoms with van der Waals surface area (Å²) in [6.45, 7) is 1.59. The molecule has 0 amide bonds. The van der Waals surface area contributed by atoms with Gasteiger partial charge in [0.15, 0.2) is 0 Å². The number of esters is 1. The molecule has 0 aromatic heterocycles. The number of rotatable bonds is 8. The number of hydrogen-bond acceptors (Lipinski definition) is 5. The number of anilines is 1. The number of benzene rings is 1. The van der Waals surface area contributed by atoms with Gasteiger partial charge in [0.05, 0.1) is 31.4 Å². The van der Waals surface area contributed by atoms with Crippen LogP contribution in [-0.2, 0) is 14.3 Å². The fourth-order valence-corrected chi connectivity index (χ4v) is 2.30. The second-order valence-electron chi connectivity index (χ2n) is 5.13. The number of ether oxygens (including phenoxy) is 3. The first kappa shape index (κ1) is 15.6. The van der Waals surface area contributed by atoms with Crippen LogP contribution in [-0.4, -0.2) is 31.9 Å². The predicted molar refractivity (Wildman–Crippen MR) is 80.1 cm³/mol. The van der Waals surface area contributed by atoms with Gasteiger partial charge in [-0.1, -0.05) is 12.1 Å². The molecule has 1 aromatic rings. The first-order valence-electron chi connectivity index (χ1n) is 7.50. The third-order valence-electron chi connectivity index (χ3n) is 3.44. The van der Waals surface area contributed by atoms with E-state index in [9.17, 15) is 4.79 Å². The number of para-hydroxylation sites is 2. The second kappa shape index (κ2) is 8.52. The Kier molecular flexibility index (Phi) is 6.34. The lowest BCUT2D eigenvalue weighted by atomic mass is 10.1. The smallest absolute Gasteiger partial charge is 0.309 e. The summed E-state index contributed by atoms with van der Waals surface area (Å²) in [6.07, 6.45) is 4.67. The zero-order valence-corrected chi connectivity index (χ0v) is 12.3. The minimum atomic E-state index is -0.239. The van der Waals surface area contributed by atoms with Crippen molar-refractivity contribution >= 4 is 11.7 Å². The fourth-order valence-electron chi connectivity index (χ4n) is 2.30. The molecule has 1 aliphatic heterocycles. The normalized spacial score (nSPS) is 17.6. The topological polar surface area (TPSA) is 70.8 Å². The molecule has 5 heteroatoms. The zero-order valence-electron chi connectivity index (χ0n) is 12.3. The van der Waals surface area contributed by atoms with Gasteiger partial charge in [-0.25, -0.2) is 0 Å². The van der Waals surface area contributed by atoms with E-state index in [4.69, 9.17) is 19.9 Å². The lowest BCUT2D eigenvalue weighted by Crippen LogP contribution is -2.12. The Labute approximate surface area is 125 Å². The molecular formula is C16H23NO4. The lowest BCUT2D eigenvalue weighted by Gasteiger charge is -2.10. The Morgan fingerprint density at radius 3 is 2.95 bits per heavy atom. The largest absolute Gasteiger partial charge is 0.491 e. The minimum Gasteiger partial charge on any atom is -0.491 e. The summed E-state index contributed by atoms with van der Waals surface area (Å²) in [5, 5.41) is 0. The highest BCUT2D eigenvalue weighted by molar-refractivity contribution is 5.69. The Bertz CT molecular complexity index is 444. The Hall–Kier alpha value is -1.75. The number of hydrogen-bond donors (Lipinski definition) is 1. The van der Waals surface area contributed by atoms with E-state index in [2.05, 4.69) is 0 Å². The standard InChI is InChI=1S/C16H23NO4/c17-14-7-1-2-8-15(14)20-12-9-16(18)21-11-4-6-13-5-3-10-19-13/h1-2,7-8,13H,3-6,9-12,17H2. The van der Waals surface area contributed by atoms with Crippen LogP contribution in [0.2, 0.25) is 0 Å². The molecule has 1 atom stereocenters. The predicted octanol–water partition coefficient (Wildman–Crippen LogP) is 2.54. The molecule has 0 aliphatic carbocycles. The molecule has 0 saturated carbocycles. The molecule has 1 aliphatic rings. The van der Waals surface area contributed by atoms with E-state index in [1.165, 1.54) is 0 Å². The summed E-state index contributed by atoms with van der Waals surface area (Å²) in [6, 6.07) is 7.22. The molecule has 1 fully saturated rings. The van der Waals surface area contributed by atoms with Gasteiger partial charge in [-0.2, -0.15) is 0 Å². The molecule has 1 heterocycles. The lowest BCUT2D eigenvalue weighted by molar-refractivity contribution is -0.144. The molecule has 0 spiro atoms. The number of nitrogens with two attached hydrogens (primary N) is 1. The van der Waals surface area contributed by atoms with E-state index in [0.717, 1.165) is 32.3 Å². The Morgan fingerprint density at radius 2 is 2.19 bits per heavy atom. The van der Waals surface area contributed by atoms with E-state index in [1.54, 1.807) is 12.1 Å². The summed E-state index contributed by atoms with van der Waals surface area (Å²) < 4.78 is 16.1. The van der Waals surface area contributed by atoms with E-state index in [0.29, 0.717) is 24.1 Å². The van der Waals surface area contributed by atoms with Crippen LogP contribution >= 0.6 is 0 Å². The van der Waals surface area contributed by atoms with Crippen LogP contribution in [0.15, 0.2) is 24.3 Å². The number of carbonyl (C=O) groups excluding carboxylic acids is 1. The van der Waals surface area contributed by atoms with E-state index in [1.807, 2.05) is 12.1 Å². The van der Waals surface area contributed by atoms with Crippen LogP contribution in [0.4, 0.5) is 5.69 Å². The zero-order chi connectivity index (χ0) is 14.9. The van der Waals surface area contributed by atoms with E-state index >= 15 is 0 Å². The van der Waals surface area contributed by atoms with Gasteiger partial charge >= 0.3 is 5.97 Å². The van der Waals surface area contributed by atoms with Crippen molar-refractivity contribution in [1.29, 1.82) is 0 Å². The fraction of sp³-hybridized carbons (Fsp3) is 0.562. The van der Waals surface area contributed by atoms with Crippen molar-refractivity contribution in [2.24, 2.45) is 0 Å². The maximum absolute atomic E-state index is 11.5. The van der Waals surface area contributed by atoms with Crippen LogP contribution in [0.5, 0.6) is 5.75 Å². The first-order chi connectivity index (χ1) is 10.3. The average molecular weight is 293 g/mol. The van der Waals surface area contributed by atoms with Crippen molar-refractivity contribution in [1.82, 2.24) is 0 Å². The molecular weight excluding hydrogens is 270 g/mol. The molecule has 116 valence electrons. The maximum atomic E-state index is 11.5. The molecule has 2 N–H and O–H groups in total. The summed E-state index contributed by atoms with van der Waals surface area (Å²) in [7, 11) is 0. The summed E-state index contributed by atoms with van der Waals surface area (Å²) >= 11 is 0. The van der Waals surface area contributed by atoms with Gasteiger partial charge in [0.25, 0.3) is 0 Å². The minimum absolute atomic E-state index is 0.230. The highest BCUT2D eigenvalue weighted by atomic mass is 16.5. The SMILES string of the molecule is Nc1ccccc1OCCC(=O)OCCCC1CCCO1. The average Bonchev–Trinajstić information content (AvgIpc) is 2.99. The second-order valence-corrected chi connectivity index (χ2v) is 5.13. The molecule has 1 saturated heterocycles. The number of carbonyl (C=O) groups is 1. The van der Waals surface area contributed by atoms with Gasteiger partial charge in [-0.15, -0.1) is 0 Å². The van der Waals surface area contributed by atoms with Crippen LogP contribution in [0.1, 0.15) is 32.1 Å². The highest BCUT2D eigenvalue weighted by Gasteiger charge is 2.14. The van der Waals surface area contributed by atoms with E-state index < -0.39 is 0 Å². The molecule has 5 nitrogen and oxygen atoms in total. The van der Waals surface area contributed by atoms with Gasteiger partial charge in [0.1, 0.15) is 5.75 Å². The molecule has 0 radical (unpaired) electrons. The molecule has 1 aromatic carbocycles. The van der Waals surface area contributed by atoms with Gasteiger partial charge in [-0.3, -0.25) is 4.79 Å². The highest BCUT2D eigenvalue weighted by Crippen LogP contribution is 2.20. The van der Waals surface area contributed by atoms with Crippen LogP contribution < -0.4 is 10.5 Å². The van der Waals surface area contributed by atoms with Crippen LogP contribution in [0.25, 0.3) is 0 Å². The third kappa shape index (κ3) is 5.63. The van der Waals surface area contributed by atoms with E-state index in [-0.39, 0.29) is 19.0 Å². The molecule has 0 bridgehead atoms. The van der Waals surface area contributed by atoms with Gasteiger partial charge < -0.3 is 19.9 Å². The summed E-state index contributed by atoms with van der Waals surface area (Å²) in [4.78, 5) is 11.5. The van der Waals surface area contributed by atoms with Gasteiger partial charge in [-0.05, 0) is 37.8 Å². The van der Waals surface area contributed by atoms with Crippen LogP contribution in [0.3, 0.4) is 0 Å². The monoisotopic (exact) mass is 293 g/mol. The first-order valence-corrected chi connectivity index (χ1v) is 7.50. The van der Waals surface area contributed by atoms with Gasteiger partial charge in [0.2, 0.25) is 0 Å². The van der Waals surface area contributed by atoms with Crippen molar-refractivity contribution in [3.05, 3.63) is 24.3 Å². The summed E-state index contributed by atoms with van der Waals surface area (Å²) in [5.74, 6) is 0.362. The van der Waals surface area contributed by atoms with Crippen molar-refractivity contribution in [3.63, 3.8) is 0 Å². The van der Waals surface area contributed by atoms with Gasteiger partial charge in [0, 0.05) is 6.61 Å². The van der Waals surface area contributed by atoms with Crippen molar-refractivity contribution in [2.45, 2.75) is 38.2 Å². The molecule has 21 heavy (non-hydrogen) atoms. The molecule has 2 rings (SSSR count). The van der Waals surface area contributed by atoms with Crippen molar-refractivity contribution in [3.8, 4) is 5.75 Å². The maximum Gasteiger partial charge on any atom is 0.309 e.